The topological polar surface area (TPSA) is 544 Å². The van der Waals surface area contributed by atoms with Gasteiger partial charge in [-0.3, -0.25) is 91.5 Å². The highest BCUT2D eigenvalue weighted by atomic mass is 16.2. The first kappa shape index (κ1) is 110. The molecule has 0 fully saturated rings. The maximum Gasteiger partial charge on any atom is 0.369 e. The molecule has 15 aromatic rings. The molecular formula is C98H125N35O13. The lowest BCUT2D eigenvalue weighted by Gasteiger charge is -2.31. The molecule has 5 aliphatic rings. The minimum atomic E-state index is -0.573. The summed E-state index contributed by atoms with van der Waals surface area (Å²) in [5.41, 5.74) is 4.19. The molecule has 0 atom stereocenters. The SMILES string of the molecule is CC(C)(C)N1C(=O)c2cccnc2C1=O.CC(C)(C)N1C(=O)c2nccnc2C1=O.CC(C)(C)N1C(=O)c2ncnnc2C1=O.CC(C)(C)N1Cc2ccnnc2C1=O.CC(C)(C)N1Cc2nccnc2C1=O.CC(C)(C)n1nc2ccnnn2c1=O.CC(C)(C)n1nc2nccnn2c1=O.Cn1c2cccnc2c(=O)n1C(C)(C)C.Cn1c2cccnc2c(=O)n1C(C)(C)C.Cn1c2nccnc2c(=O)n1C(C)(C)C. The number of carbonyl (C=O) groups excluding carboxylic acids is 8. The summed E-state index contributed by atoms with van der Waals surface area (Å²) in [5, 5.41) is 34.1. The van der Waals surface area contributed by atoms with Gasteiger partial charge in [0, 0.05) is 129 Å². The number of amides is 8. The van der Waals surface area contributed by atoms with Crippen LogP contribution in [0.2, 0.25) is 0 Å². The van der Waals surface area contributed by atoms with Crippen LogP contribution >= 0.6 is 0 Å². The van der Waals surface area contributed by atoms with E-state index in [0.717, 1.165) is 33.5 Å². The molecule has 15 aromatic heterocycles. The highest BCUT2D eigenvalue weighted by molar-refractivity contribution is 6.21. The first-order valence-corrected chi connectivity index (χ1v) is 46.5. The molecule has 8 amide bonds. The lowest BCUT2D eigenvalue weighted by Crippen LogP contribution is -2.45. The normalized spacial score (nSPS) is 14.0. The van der Waals surface area contributed by atoms with Crippen molar-refractivity contribution in [1.29, 1.82) is 0 Å². The van der Waals surface area contributed by atoms with Crippen LogP contribution in [0, 0.1) is 0 Å². The minimum absolute atomic E-state index is 0.0133. The quantitative estimate of drug-likeness (QED) is 0.128. The van der Waals surface area contributed by atoms with Gasteiger partial charge in [0.25, 0.3) is 69.7 Å². The Balaban J connectivity index is 0.000000154. The fourth-order valence-corrected chi connectivity index (χ4v) is 15.9. The van der Waals surface area contributed by atoms with Gasteiger partial charge in [-0.25, -0.2) is 77.9 Å². The van der Waals surface area contributed by atoms with E-state index >= 15 is 0 Å². The third kappa shape index (κ3) is 23.1. The van der Waals surface area contributed by atoms with Crippen LogP contribution in [-0.2, 0) is 61.9 Å². The smallest absolute Gasteiger partial charge is 0.328 e. The van der Waals surface area contributed by atoms with Crippen molar-refractivity contribution in [2.75, 3.05) is 0 Å². The van der Waals surface area contributed by atoms with E-state index in [-0.39, 0.29) is 131 Å². The second-order valence-corrected chi connectivity index (χ2v) is 44.0. The van der Waals surface area contributed by atoms with Crippen LogP contribution in [0.3, 0.4) is 0 Å². The molecule has 5 aliphatic heterocycles. The summed E-state index contributed by atoms with van der Waals surface area (Å²) in [7, 11) is 5.59. The lowest BCUT2D eigenvalue weighted by molar-refractivity contribution is 0.0486. The molecule has 0 aromatic carbocycles. The summed E-state index contributed by atoms with van der Waals surface area (Å²) in [6.07, 6.45) is 21.2. The van der Waals surface area contributed by atoms with Gasteiger partial charge in [-0.15, -0.1) is 39.6 Å². The maximum absolute atomic E-state index is 12.1. The van der Waals surface area contributed by atoms with Crippen molar-refractivity contribution >= 4 is 91.9 Å². The summed E-state index contributed by atoms with van der Waals surface area (Å²) in [6, 6.07) is 14.3. The predicted molar refractivity (Wildman–Crippen MR) is 538 cm³/mol. The summed E-state index contributed by atoms with van der Waals surface area (Å²) in [6.45, 7) is 59.0. The Kier molecular flexibility index (Phi) is 30.9. The van der Waals surface area contributed by atoms with Gasteiger partial charge < -0.3 is 9.80 Å². The monoisotopic (exact) mass is 2000 g/mol. The van der Waals surface area contributed by atoms with Crippen LogP contribution in [0.5, 0.6) is 0 Å². The lowest BCUT2D eigenvalue weighted by atomic mass is 10.1. The number of rotatable bonds is 0. The third-order valence-electron chi connectivity index (χ3n) is 22.2. The van der Waals surface area contributed by atoms with Crippen molar-refractivity contribution in [3.63, 3.8) is 0 Å². The summed E-state index contributed by atoms with van der Waals surface area (Å²) >= 11 is 0. The predicted octanol–water partition coefficient (Wildman–Crippen LogP) is 9.02. The molecule has 770 valence electrons. The number of fused-ring (bicyclic) bond motifs is 10. The van der Waals surface area contributed by atoms with Gasteiger partial charge in [0.1, 0.15) is 12.0 Å². The highest BCUT2D eigenvalue weighted by Crippen LogP contribution is 2.33. The first-order valence-electron chi connectivity index (χ1n) is 46.5. The summed E-state index contributed by atoms with van der Waals surface area (Å²) in [4.78, 5) is 206. The van der Waals surface area contributed by atoms with Crippen LogP contribution in [0.25, 0.3) is 44.7 Å². The highest BCUT2D eigenvalue weighted by Gasteiger charge is 2.47. The largest absolute Gasteiger partial charge is 0.369 e. The maximum atomic E-state index is 12.1. The van der Waals surface area contributed by atoms with Crippen molar-refractivity contribution in [3.8, 4) is 0 Å². The zero-order chi connectivity index (χ0) is 109. The first-order chi connectivity index (χ1) is 67.6. The third-order valence-corrected chi connectivity index (χ3v) is 22.2. The Bertz CT molecular complexity index is 7120. The van der Waals surface area contributed by atoms with Gasteiger partial charge in [-0.2, -0.15) is 10.2 Å². The standard InChI is InChI=1S/2C11H15N3O.C11H12N2O2.C10H14N4O.C10H11N3O2.2C10H13N3O.C9H10N4O2.2C8H11N5O/c2*1-11(2,3)14-10(15)9-8(13(14)4)6-5-7-12-9;1-11(2,3)13-9(14)7-5-4-6-12-8(7)10(13)15;1-10(2,3)14-9(15)7-8(13(14)4)12-6-5-11-7;1-10(2,3)13-8(14)6-7(9(13)15)12-5-4-11-6;1-10(2,3)13-6-7-8(9(13)14)12-5-4-11-7;1-10(2,3)13-6-7-4-5-11-12-8(7)9(13)14;1-9(2,3)13-7(14)5-6(8(13)15)12-11-4-10-5;1-8(2,3)13-7(14)12-6(11-13)9-4-5-10-12;1-8(2,3)13-7(14)12-6(10-13)4-5-9-11-12/h2*5-7H,1-4H3;4-6H,1-3H3;5-6H,1-4H3;4-5H,1-3H3;2*4-5H,6H2,1-3H3;4H,1-3H3;2*4-5H,1-3H3. The summed E-state index contributed by atoms with van der Waals surface area (Å²) in [5.74, 6) is -1.82. The molecular weight excluding hydrogens is 1880 g/mol. The molecule has 0 bridgehead atoms. The van der Waals surface area contributed by atoms with Crippen LogP contribution < -0.4 is 28.1 Å². The molecule has 0 saturated carbocycles. The Labute approximate surface area is 839 Å². The number of aryl methyl sites for hydroxylation is 3. The van der Waals surface area contributed by atoms with Crippen LogP contribution in [0.4, 0.5) is 0 Å². The number of hydrogen-bond acceptors (Lipinski definition) is 33. The van der Waals surface area contributed by atoms with E-state index in [1.165, 1.54) is 71.6 Å². The number of imide groups is 3. The second-order valence-electron chi connectivity index (χ2n) is 44.0. The zero-order valence-corrected chi connectivity index (χ0v) is 88.6. The fourth-order valence-electron chi connectivity index (χ4n) is 15.9. The molecule has 146 heavy (non-hydrogen) atoms. The van der Waals surface area contributed by atoms with Crippen molar-refractivity contribution in [1.82, 2.24) is 172 Å². The number of nitrogens with zero attached hydrogens (tertiary/aromatic N) is 35. The molecule has 0 N–H and O–H groups in total. The van der Waals surface area contributed by atoms with Crippen molar-refractivity contribution in [2.24, 2.45) is 21.1 Å². The van der Waals surface area contributed by atoms with Gasteiger partial charge >= 0.3 is 11.4 Å². The second kappa shape index (κ2) is 41.1. The Morgan fingerprint density at radius 2 is 0.671 bits per heavy atom. The van der Waals surface area contributed by atoms with Crippen LogP contribution in [-0.4, -0.2) is 247 Å². The van der Waals surface area contributed by atoms with E-state index < -0.39 is 28.4 Å². The molecule has 0 spiro atoms. The van der Waals surface area contributed by atoms with E-state index in [4.69, 9.17) is 0 Å². The fraction of sp³-hybridized carbons (Fsp3) is 0.459. The molecule has 0 radical (unpaired) electrons. The van der Waals surface area contributed by atoms with Gasteiger partial charge in [-0.1, -0.05) is 5.21 Å². The van der Waals surface area contributed by atoms with E-state index in [0.29, 0.717) is 63.7 Å². The molecule has 20 rings (SSSR count). The number of carbonyl (C=O) groups is 8. The Morgan fingerprint density at radius 1 is 0.281 bits per heavy atom. The zero-order valence-electron chi connectivity index (χ0n) is 88.6. The van der Waals surface area contributed by atoms with Crippen molar-refractivity contribution in [2.45, 2.75) is 276 Å². The molecule has 0 aliphatic carbocycles. The van der Waals surface area contributed by atoms with Crippen molar-refractivity contribution in [3.05, 3.63) is 244 Å². The van der Waals surface area contributed by atoms with Crippen LogP contribution in [0.15, 0.2) is 159 Å². The average Bonchev–Trinajstić information content (AvgIpc) is 1.63. The molecule has 48 heteroatoms. The van der Waals surface area contributed by atoms with Gasteiger partial charge in [0.2, 0.25) is 0 Å². The molecule has 20 heterocycles. The number of pyridine rings is 3. The minimum Gasteiger partial charge on any atom is -0.328 e. The Hall–Kier alpha value is -16.5. The van der Waals surface area contributed by atoms with E-state index in [1.54, 1.807) is 121 Å². The molecule has 48 nitrogen and oxygen atoms in total. The van der Waals surface area contributed by atoms with Crippen LogP contribution in [0.1, 0.15) is 303 Å². The molecule has 0 saturated heterocycles. The van der Waals surface area contributed by atoms with E-state index in [2.05, 4.69) is 101 Å². The average molecular weight is 2000 g/mol. The van der Waals surface area contributed by atoms with Gasteiger partial charge in [0.05, 0.1) is 75.1 Å². The Morgan fingerprint density at radius 3 is 1.12 bits per heavy atom. The van der Waals surface area contributed by atoms with Crippen molar-refractivity contribution < 1.29 is 38.4 Å². The van der Waals surface area contributed by atoms with E-state index in [9.17, 15) is 62.3 Å². The van der Waals surface area contributed by atoms with Gasteiger partial charge in [-0.05, 0) is 250 Å². The molecule has 0 unspecified atom stereocenters. The number of aromatic nitrogens is 30. The number of hydrogen-bond donors (Lipinski definition) is 0. The van der Waals surface area contributed by atoms with Gasteiger partial charge in [0.15, 0.2) is 62.0 Å². The van der Waals surface area contributed by atoms with E-state index in [1.807, 2.05) is 232 Å². The summed E-state index contributed by atoms with van der Waals surface area (Å²) < 4.78 is 15.8.